The molecule has 1 aliphatic rings. The van der Waals surface area contributed by atoms with E-state index in [1.165, 1.54) is 12.1 Å². The average molecular weight is 329 g/mol. The number of hydrogen-bond donors (Lipinski definition) is 1. The van der Waals surface area contributed by atoms with Gasteiger partial charge in [-0.25, -0.2) is 4.39 Å². The van der Waals surface area contributed by atoms with E-state index < -0.39 is 0 Å². The van der Waals surface area contributed by atoms with Crippen molar-refractivity contribution in [2.45, 2.75) is 38.8 Å². The van der Waals surface area contributed by atoms with E-state index in [2.05, 4.69) is 21.2 Å². The molecular weight excluding hydrogens is 311 g/mol. The van der Waals surface area contributed by atoms with Crippen molar-refractivity contribution >= 4 is 27.5 Å². The Morgan fingerprint density at radius 3 is 2.84 bits per heavy atom. The smallest absolute Gasteiger partial charge is 0.244 e. The number of amides is 1. The van der Waals surface area contributed by atoms with Crippen molar-refractivity contribution in [1.82, 2.24) is 5.32 Å². The van der Waals surface area contributed by atoms with Gasteiger partial charge in [-0.2, -0.15) is 0 Å². The van der Waals surface area contributed by atoms with Crippen LogP contribution in [0, 0.1) is 5.82 Å². The fourth-order valence-electron chi connectivity index (χ4n) is 2.37. The van der Waals surface area contributed by atoms with Crippen molar-refractivity contribution in [2.24, 2.45) is 0 Å². The molecule has 0 bridgehead atoms. The molecule has 0 aromatic heterocycles. The van der Waals surface area contributed by atoms with Crippen molar-refractivity contribution < 1.29 is 9.18 Å². The number of nitrogens with zero attached hydrogens (tertiary/aromatic N) is 1. The minimum atomic E-state index is -0.308. The van der Waals surface area contributed by atoms with Gasteiger partial charge in [-0.05, 0) is 47.0 Å². The predicted molar refractivity (Wildman–Crippen MR) is 77.7 cm³/mol. The molecule has 1 saturated heterocycles. The molecule has 1 N–H and O–H groups in total. The fourth-order valence-corrected chi connectivity index (χ4v) is 2.94. The maximum Gasteiger partial charge on any atom is 0.244 e. The van der Waals surface area contributed by atoms with Crippen molar-refractivity contribution in [3.8, 4) is 0 Å². The van der Waals surface area contributed by atoms with Crippen LogP contribution in [0.15, 0.2) is 22.7 Å². The maximum absolute atomic E-state index is 13.1. The number of hydrogen-bond acceptors (Lipinski definition) is 2. The lowest BCUT2D eigenvalue weighted by molar-refractivity contribution is -0.121. The van der Waals surface area contributed by atoms with Crippen LogP contribution >= 0.6 is 15.9 Å². The van der Waals surface area contributed by atoms with E-state index in [0.717, 1.165) is 18.5 Å². The first-order valence-corrected chi connectivity index (χ1v) is 7.31. The van der Waals surface area contributed by atoms with Crippen LogP contribution in [0.3, 0.4) is 0 Å². The standard InChI is InChI=1S/C14H18BrFN2O/c1-9(2)17-12-4-3-7-18(14(12)19)13-6-5-10(16)8-11(13)15/h5-6,8-9,12,17H,3-4,7H2,1-2H3. The Labute approximate surface area is 121 Å². The Bertz CT molecular complexity index is 479. The van der Waals surface area contributed by atoms with Crippen LogP contribution in [0.2, 0.25) is 0 Å². The van der Waals surface area contributed by atoms with Crippen LogP contribution < -0.4 is 10.2 Å². The van der Waals surface area contributed by atoms with Gasteiger partial charge in [0.15, 0.2) is 0 Å². The lowest BCUT2D eigenvalue weighted by atomic mass is 10.0. The molecule has 3 nitrogen and oxygen atoms in total. The van der Waals surface area contributed by atoms with Crippen LogP contribution in [0.1, 0.15) is 26.7 Å². The highest BCUT2D eigenvalue weighted by molar-refractivity contribution is 9.10. The first kappa shape index (κ1) is 14.5. The number of benzene rings is 1. The summed E-state index contributed by atoms with van der Waals surface area (Å²) in [7, 11) is 0. The largest absolute Gasteiger partial charge is 0.310 e. The highest BCUT2D eigenvalue weighted by atomic mass is 79.9. The molecule has 0 spiro atoms. The Hall–Kier alpha value is -0.940. The molecular formula is C14H18BrFN2O. The third-order valence-electron chi connectivity index (χ3n) is 3.17. The first-order chi connectivity index (χ1) is 8.99. The summed E-state index contributed by atoms with van der Waals surface area (Å²) in [5, 5.41) is 3.28. The summed E-state index contributed by atoms with van der Waals surface area (Å²) in [5.41, 5.74) is 0.738. The molecule has 0 aliphatic carbocycles. The normalized spacial score (nSPS) is 20.2. The molecule has 1 heterocycles. The number of rotatable bonds is 3. The van der Waals surface area contributed by atoms with Crippen molar-refractivity contribution in [3.05, 3.63) is 28.5 Å². The van der Waals surface area contributed by atoms with E-state index in [1.807, 2.05) is 13.8 Å². The first-order valence-electron chi connectivity index (χ1n) is 6.51. The van der Waals surface area contributed by atoms with E-state index in [1.54, 1.807) is 11.0 Å². The van der Waals surface area contributed by atoms with Gasteiger partial charge in [0.1, 0.15) is 5.82 Å². The van der Waals surface area contributed by atoms with Crippen molar-refractivity contribution in [2.75, 3.05) is 11.4 Å². The summed E-state index contributed by atoms with van der Waals surface area (Å²) in [5.74, 6) is -0.246. The van der Waals surface area contributed by atoms with Gasteiger partial charge in [-0.1, -0.05) is 13.8 Å². The van der Waals surface area contributed by atoms with Crippen LogP contribution in [-0.2, 0) is 4.79 Å². The van der Waals surface area contributed by atoms with Gasteiger partial charge >= 0.3 is 0 Å². The average Bonchev–Trinajstić information content (AvgIpc) is 2.32. The van der Waals surface area contributed by atoms with Crippen molar-refractivity contribution in [3.63, 3.8) is 0 Å². The molecule has 1 aromatic carbocycles. The summed E-state index contributed by atoms with van der Waals surface area (Å²) >= 11 is 3.33. The zero-order valence-electron chi connectivity index (χ0n) is 11.1. The molecule has 1 fully saturated rings. The van der Waals surface area contributed by atoms with Gasteiger partial charge in [0.25, 0.3) is 0 Å². The number of anilines is 1. The molecule has 1 aromatic rings. The Morgan fingerprint density at radius 1 is 1.47 bits per heavy atom. The summed E-state index contributed by atoms with van der Waals surface area (Å²) < 4.78 is 13.7. The van der Waals surface area contributed by atoms with Crippen LogP contribution in [0.5, 0.6) is 0 Å². The summed E-state index contributed by atoms with van der Waals surface area (Å²) in [6.45, 7) is 4.74. The molecule has 0 radical (unpaired) electrons. The molecule has 19 heavy (non-hydrogen) atoms. The fraction of sp³-hybridized carbons (Fsp3) is 0.500. The summed E-state index contributed by atoms with van der Waals surface area (Å²) in [4.78, 5) is 14.2. The Balaban J connectivity index is 2.21. The second kappa shape index (κ2) is 6.01. The quantitative estimate of drug-likeness (QED) is 0.924. The molecule has 1 atom stereocenters. The number of nitrogens with one attached hydrogen (secondary N) is 1. The topological polar surface area (TPSA) is 32.3 Å². The number of carbonyl (C=O) groups is 1. The van der Waals surface area contributed by atoms with Crippen LogP contribution in [-0.4, -0.2) is 24.5 Å². The molecule has 1 unspecified atom stereocenters. The number of halogens is 2. The Morgan fingerprint density at radius 2 is 2.21 bits per heavy atom. The van der Waals surface area contributed by atoms with Gasteiger partial charge in [-0.15, -0.1) is 0 Å². The van der Waals surface area contributed by atoms with E-state index in [4.69, 9.17) is 0 Å². The van der Waals surface area contributed by atoms with Gasteiger partial charge in [0.05, 0.1) is 11.7 Å². The van der Waals surface area contributed by atoms with E-state index >= 15 is 0 Å². The lowest BCUT2D eigenvalue weighted by Crippen LogP contribution is -2.52. The van der Waals surface area contributed by atoms with Gasteiger partial charge < -0.3 is 10.2 Å². The molecule has 0 saturated carbocycles. The number of carbonyl (C=O) groups excluding carboxylic acids is 1. The predicted octanol–water partition coefficient (Wildman–Crippen LogP) is 3.08. The van der Waals surface area contributed by atoms with E-state index in [-0.39, 0.29) is 23.8 Å². The van der Waals surface area contributed by atoms with Crippen molar-refractivity contribution in [1.29, 1.82) is 0 Å². The van der Waals surface area contributed by atoms with Gasteiger partial charge in [0.2, 0.25) is 5.91 Å². The lowest BCUT2D eigenvalue weighted by Gasteiger charge is -2.34. The molecule has 104 valence electrons. The highest BCUT2D eigenvalue weighted by Crippen LogP contribution is 2.29. The minimum absolute atomic E-state index is 0.0623. The van der Waals surface area contributed by atoms with Crippen LogP contribution in [0.4, 0.5) is 10.1 Å². The molecule has 2 rings (SSSR count). The Kier molecular flexibility index (Phi) is 4.58. The third-order valence-corrected chi connectivity index (χ3v) is 3.81. The highest BCUT2D eigenvalue weighted by Gasteiger charge is 2.30. The third kappa shape index (κ3) is 3.34. The second-order valence-electron chi connectivity index (χ2n) is 5.10. The van der Waals surface area contributed by atoms with E-state index in [9.17, 15) is 9.18 Å². The van der Waals surface area contributed by atoms with Crippen LogP contribution in [0.25, 0.3) is 0 Å². The molecule has 1 amide bonds. The SMILES string of the molecule is CC(C)NC1CCCN(c2ccc(F)cc2Br)C1=O. The number of piperidine rings is 1. The maximum atomic E-state index is 13.1. The minimum Gasteiger partial charge on any atom is -0.310 e. The monoisotopic (exact) mass is 328 g/mol. The summed E-state index contributed by atoms with van der Waals surface area (Å²) in [6, 6.07) is 4.54. The second-order valence-corrected chi connectivity index (χ2v) is 5.96. The summed E-state index contributed by atoms with van der Waals surface area (Å²) in [6.07, 6.45) is 1.80. The van der Waals surface area contributed by atoms with Gasteiger partial charge in [0, 0.05) is 17.1 Å². The van der Waals surface area contributed by atoms with E-state index in [0.29, 0.717) is 11.0 Å². The van der Waals surface area contributed by atoms with Gasteiger partial charge in [-0.3, -0.25) is 4.79 Å². The molecule has 1 aliphatic heterocycles. The zero-order valence-corrected chi connectivity index (χ0v) is 12.7. The zero-order chi connectivity index (χ0) is 14.0. The molecule has 5 heteroatoms.